The van der Waals surface area contributed by atoms with Crippen molar-refractivity contribution in [1.82, 2.24) is 19.7 Å². The first-order chi connectivity index (χ1) is 12.1. The Kier molecular flexibility index (Phi) is 4.74. The lowest BCUT2D eigenvalue weighted by atomic mass is 9.98. The van der Waals surface area contributed by atoms with E-state index in [1.807, 2.05) is 6.07 Å². The number of carbonyl (C=O) groups excluding carboxylic acids is 1. The lowest BCUT2D eigenvalue weighted by molar-refractivity contribution is 0.102. The van der Waals surface area contributed by atoms with Crippen molar-refractivity contribution in [2.75, 3.05) is 5.32 Å². The van der Waals surface area contributed by atoms with Crippen LogP contribution in [0.2, 0.25) is 0 Å². The van der Waals surface area contributed by atoms with Gasteiger partial charge in [0.1, 0.15) is 29.9 Å². The number of pyridine rings is 1. The Morgan fingerprint density at radius 3 is 2.72 bits per heavy atom. The van der Waals surface area contributed by atoms with E-state index in [1.54, 1.807) is 34.9 Å². The van der Waals surface area contributed by atoms with Crippen LogP contribution >= 0.6 is 0 Å². The molecule has 7 heteroatoms. The molecule has 0 aliphatic carbocycles. The van der Waals surface area contributed by atoms with E-state index in [0.717, 1.165) is 12.0 Å². The summed E-state index contributed by atoms with van der Waals surface area (Å²) in [7, 11) is 0. The van der Waals surface area contributed by atoms with E-state index < -0.39 is 5.91 Å². The van der Waals surface area contributed by atoms with Crippen LogP contribution in [0.1, 0.15) is 42.2 Å². The smallest absolute Gasteiger partial charge is 0.274 e. The minimum absolute atomic E-state index is 0.0235. The van der Waals surface area contributed by atoms with Crippen LogP contribution in [0.3, 0.4) is 0 Å². The Morgan fingerprint density at radius 1 is 1.24 bits per heavy atom. The van der Waals surface area contributed by atoms with E-state index in [9.17, 15) is 9.90 Å². The highest BCUT2D eigenvalue weighted by Gasteiger charge is 2.13. The third-order valence-electron chi connectivity index (χ3n) is 4.10. The number of aromatic hydroxyl groups is 1. The van der Waals surface area contributed by atoms with Crippen LogP contribution in [0.25, 0.3) is 5.82 Å². The summed E-state index contributed by atoms with van der Waals surface area (Å²) in [5, 5.41) is 20.2. The van der Waals surface area contributed by atoms with Gasteiger partial charge >= 0.3 is 0 Å². The monoisotopic (exact) mass is 337 g/mol. The summed E-state index contributed by atoms with van der Waals surface area (Å²) in [5.74, 6) is 0.503. The fourth-order valence-corrected chi connectivity index (χ4v) is 2.39. The normalized spacial score (nSPS) is 11.9. The van der Waals surface area contributed by atoms with Crippen molar-refractivity contribution in [2.24, 2.45) is 0 Å². The zero-order valence-corrected chi connectivity index (χ0v) is 14.0. The van der Waals surface area contributed by atoms with Crippen molar-refractivity contribution in [2.45, 2.75) is 26.2 Å². The molecular weight excluding hydrogens is 318 g/mol. The van der Waals surface area contributed by atoms with Crippen molar-refractivity contribution >= 4 is 11.6 Å². The molecule has 0 saturated carbocycles. The molecule has 3 aromatic rings. The highest BCUT2D eigenvalue weighted by molar-refractivity contribution is 6.03. The van der Waals surface area contributed by atoms with E-state index >= 15 is 0 Å². The predicted octanol–water partition coefficient (Wildman–Crippen LogP) is 3.13. The number of phenols is 1. The van der Waals surface area contributed by atoms with Gasteiger partial charge in [-0.15, -0.1) is 10.2 Å². The molecule has 1 amide bonds. The first kappa shape index (κ1) is 16.6. The van der Waals surface area contributed by atoms with Crippen LogP contribution in [0.4, 0.5) is 5.69 Å². The van der Waals surface area contributed by atoms with Crippen LogP contribution in [0.15, 0.2) is 49.1 Å². The Bertz CT molecular complexity index is 877. The number of hydrogen-bond acceptors (Lipinski definition) is 5. The van der Waals surface area contributed by atoms with Gasteiger partial charge in [-0.25, -0.2) is 4.98 Å². The average Bonchev–Trinajstić information content (AvgIpc) is 3.17. The first-order valence-electron chi connectivity index (χ1n) is 8.04. The Labute approximate surface area is 145 Å². The van der Waals surface area contributed by atoms with Gasteiger partial charge in [0.15, 0.2) is 0 Å². The van der Waals surface area contributed by atoms with Gasteiger partial charge in [0.25, 0.3) is 5.91 Å². The molecular formula is C18H19N5O2. The molecule has 1 atom stereocenters. The molecule has 3 rings (SSSR count). The summed E-state index contributed by atoms with van der Waals surface area (Å²) in [5.41, 5.74) is 1.67. The van der Waals surface area contributed by atoms with Crippen LogP contribution in [0.5, 0.6) is 5.75 Å². The number of hydrogen-bond donors (Lipinski definition) is 2. The zero-order valence-electron chi connectivity index (χ0n) is 14.0. The minimum Gasteiger partial charge on any atom is -0.506 e. The van der Waals surface area contributed by atoms with E-state index in [2.05, 4.69) is 34.3 Å². The van der Waals surface area contributed by atoms with Crippen molar-refractivity contribution in [3.05, 3.63) is 60.3 Å². The fourth-order valence-electron chi connectivity index (χ4n) is 2.39. The largest absolute Gasteiger partial charge is 0.506 e. The molecule has 2 N–H and O–H groups in total. The summed E-state index contributed by atoms with van der Waals surface area (Å²) < 4.78 is 1.61. The first-order valence-corrected chi connectivity index (χ1v) is 8.04. The van der Waals surface area contributed by atoms with E-state index in [0.29, 0.717) is 17.4 Å². The van der Waals surface area contributed by atoms with Gasteiger partial charge < -0.3 is 10.4 Å². The molecule has 0 aliphatic rings. The van der Waals surface area contributed by atoms with E-state index in [-0.39, 0.29) is 11.4 Å². The molecule has 2 aromatic heterocycles. The third kappa shape index (κ3) is 3.65. The Morgan fingerprint density at radius 2 is 2.00 bits per heavy atom. The number of amides is 1. The van der Waals surface area contributed by atoms with Gasteiger partial charge in [-0.05, 0) is 42.2 Å². The van der Waals surface area contributed by atoms with Crippen LogP contribution in [-0.4, -0.2) is 30.8 Å². The van der Waals surface area contributed by atoms with Crippen LogP contribution < -0.4 is 5.32 Å². The number of nitrogens with one attached hydrogen (secondary N) is 1. The fraction of sp³-hybridized carbons (Fsp3) is 0.222. The predicted molar refractivity (Wildman–Crippen MR) is 93.9 cm³/mol. The maximum atomic E-state index is 12.5. The number of anilines is 1. The van der Waals surface area contributed by atoms with E-state index in [1.165, 1.54) is 12.7 Å². The minimum atomic E-state index is -0.397. The topological polar surface area (TPSA) is 92.9 Å². The molecule has 0 spiro atoms. The number of aromatic nitrogens is 4. The van der Waals surface area contributed by atoms with Crippen molar-refractivity contribution in [3.8, 4) is 11.6 Å². The maximum absolute atomic E-state index is 12.5. The summed E-state index contributed by atoms with van der Waals surface area (Å²) in [6.07, 6.45) is 3.98. The molecule has 128 valence electrons. The molecule has 1 aromatic carbocycles. The zero-order chi connectivity index (χ0) is 17.8. The van der Waals surface area contributed by atoms with Gasteiger partial charge in [0.05, 0.1) is 5.69 Å². The van der Waals surface area contributed by atoms with Gasteiger partial charge in [-0.3, -0.25) is 9.36 Å². The van der Waals surface area contributed by atoms with Crippen molar-refractivity contribution in [1.29, 1.82) is 0 Å². The summed E-state index contributed by atoms with van der Waals surface area (Å²) >= 11 is 0. The number of nitrogens with zero attached hydrogens (tertiary/aromatic N) is 4. The average molecular weight is 337 g/mol. The lowest BCUT2D eigenvalue weighted by Gasteiger charge is -2.13. The maximum Gasteiger partial charge on any atom is 0.274 e. The van der Waals surface area contributed by atoms with Gasteiger partial charge in [0, 0.05) is 0 Å². The SMILES string of the molecule is CCC(C)c1ccc(O)c(NC(=O)c2cccc(-n3cnnc3)n2)c1. The second-order valence-corrected chi connectivity index (χ2v) is 5.79. The highest BCUT2D eigenvalue weighted by atomic mass is 16.3. The van der Waals surface area contributed by atoms with Gasteiger partial charge in [0.2, 0.25) is 0 Å². The third-order valence-corrected chi connectivity index (χ3v) is 4.10. The number of rotatable bonds is 5. The molecule has 2 heterocycles. The van der Waals surface area contributed by atoms with Gasteiger partial charge in [-0.1, -0.05) is 26.0 Å². The molecule has 0 saturated heterocycles. The molecule has 25 heavy (non-hydrogen) atoms. The van der Waals surface area contributed by atoms with Crippen molar-refractivity contribution < 1.29 is 9.90 Å². The Hall–Kier alpha value is -3.22. The molecule has 0 fully saturated rings. The number of benzene rings is 1. The summed E-state index contributed by atoms with van der Waals surface area (Å²) in [4.78, 5) is 16.8. The molecule has 1 unspecified atom stereocenters. The summed E-state index contributed by atoms with van der Waals surface area (Å²) in [6, 6.07) is 10.3. The standard InChI is InChI=1S/C18H19N5O2/c1-3-12(2)13-7-8-16(24)15(9-13)22-18(25)14-5-4-6-17(21-14)23-10-19-20-11-23/h4-12,24H,3H2,1-2H3,(H,22,25). The van der Waals surface area contributed by atoms with Crippen molar-refractivity contribution in [3.63, 3.8) is 0 Å². The highest BCUT2D eigenvalue weighted by Crippen LogP contribution is 2.29. The Balaban J connectivity index is 1.84. The number of phenolic OH excluding ortho intramolecular Hbond substituents is 1. The molecule has 0 aliphatic heterocycles. The van der Waals surface area contributed by atoms with E-state index in [4.69, 9.17) is 0 Å². The second kappa shape index (κ2) is 7.12. The number of carbonyl (C=O) groups is 1. The molecule has 7 nitrogen and oxygen atoms in total. The lowest BCUT2D eigenvalue weighted by Crippen LogP contribution is -2.15. The van der Waals surface area contributed by atoms with Crippen LogP contribution in [-0.2, 0) is 0 Å². The quantitative estimate of drug-likeness (QED) is 0.698. The summed E-state index contributed by atoms with van der Waals surface area (Å²) in [6.45, 7) is 4.19. The molecule has 0 bridgehead atoms. The second-order valence-electron chi connectivity index (χ2n) is 5.79. The van der Waals surface area contributed by atoms with Gasteiger partial charge in [-0.2, -0.15) is 0 Å². The van der Waals surface area contributed by atoms with Crippen LogP contribution in [0, 0.1) is 0 Å². The molecule has 0 radical (unpaired) electrons.